The average molecular weight is 272 g/mol. The van der Waals surface area contributed by atoms with Gasteiger partial charge in [-0.25, -0.2) is 0 Å². The SMILES string of the molecule is COC1CN(C(CNCC(C)C)C(C)C)CC1OC. The lowest BCUT2D eigenvalue weighted by Gasteiger charge is -2.31. The number of hydrogen-bond donors (Lipinski definition) is 1. The largest absolute Gasteiger partial charge is 0.377 e. The maximum Gasteiger partial charge on any atom is 0.0971 e. The summed E-state index contributed by atoms with van der Waals surface area (Å²) >= 11 is 0. The van der Waals surface area contributed by atoms with E-state index in [1.165, 1.54) is 0 Å². The first-order valence-electron chi connectivity index (χ1n) is 7.49. The zero-order valence-corrected chi connectivity index (χ0v) is 13.5. The molecular formula is C15H32N2O2. The maximum atomic E-state index is 5.53. The third-order valence-corrected chi connectivity index (χ3v) is 3.99. The summed E-state index contributed by atoms with van der Waals surface area (Å²) in [6.45, 7) is 13.2. The smallest absolute Gasteiger partial charge is 0.0971 e. The van der Waals surface area contributed by atoms with Crippen LogP contribution in [-0.4, -0.2) is 63.5 Å². The summed E-state index contributed by atoms with van der Waals surface area (Å²) in [5, 5.41) is 3.59. The first-order valence-corrected chi connectivity index (χ1v) is 7.49. The van der Waals surface area contributed by atoms with Gasteiger partial charge in [0.25, 0.3) is 0 Å². The predicted molar refractivity (Wildman–Crippen MR) is 79.5 cm³/mol. The van der Waals surface area contributed by atoms with Crippen LogP contribution < -0.4 is 5.32 Å². The zero-order chi connectivity index (χ0) is 14.4. The molecule has 1 heterocycles. The van der Waals surface area contributed by atoms with E-state index >= 15 is 0 Å². The van der Waals surface area contributed by atoms with Gasteiger partial charge in [0.1, 0.15) is 0 Å². The second kappa shape index (κ2) is 8.20. The second-order valence-electron chi connectivity index (χ2n) is 6.37. The average Bonchev–Trinajstić information content (AvgIpc) is 2.76. The predicted octanol–water partition coefficient (Wildman–Crippen LogP) is 1.60. The molecule has 0 spiro atoms. The van der Waals surface area contributed by atoms with E-state index in [1.807, 2.05) is 0 Å². The third-order valence-electron chi connectivity index (χ3n) is 3.99. The monoisotopic (exact) mass is 272 g/mol. The summed E-state index contributed by atoms with van der Waals surface area (Å²) in [5.41, 5.74) is 0. The van der Waals surface area contributed by atoms with Gasteiger partial charge in [0.15, 0.2) is 0 Å². The number of nitrogens with one attached hydrogen (secondary N) is 1. The van der Waals surface area contributed by atoms with E-state index in [2.05, 4.69) is 37.9 Å². The summed E-state index contributed by atoms with van der Waals surface area (Å²) < 4.78 is 11.1. The van der Waals surface area contributed by atoms with Crippen molar-refractivity contribution in [2.45, 2.75) is 45.9 Å². The van der Waals surface area contributed by atoms with Crippen molar-refractivity contribution in [3.63, 3.8) is 0 Å². The van der Waals surface area contributed by atoms with Crippen LogP contribution in [-0.2, 0) is 9.47 Å². The molecule has 4 nitrogen and oxygen atoms in total. The van der Waals surface area contributed by atoms with Gasteiger partial charge in [-0.15, -0.1) is 0 Å². The lowest BCUT2D eigenvalue weighted by atomic mass is 10.0. The Morgan fingerprint density at radius 1 is 1.00 bits per heavy atom. The van der Waals surface area contributed by atoms with E-state index in [1.54, 1.807) is 14.2 Å². The highest BCUT2D eigenvalue weighted by Crippen LogP contribution is 2.21. The highest BCUT2D eigenvalue weighted by Gasteiger charge is 2.37. The molecule has 0 aliphatic carbocycles. The van der Waals surface area contributed by atoms with Gasteiger partial charge in [-0.2, -0.15) is 0 Å². The molecule has 0 aromatic carbocycles. The van der Waals surface area contributed by atoms with Crippen LogP contribution in [0.2, 0.25) is 0 Å². The molecule has 114 valence electrons. The van der Waals surface area contributed by atoms with Crippen molar-refractivity contribution >= 4 is 0 Å². The van der Waals surface area contributed by atoms with Gasteiger partial charge in [-0.3, -0.25) is 4.90 Å². The second-order valence-corrected chi connectivity index (χ2v) is 6.37. The van der Waals surface area contributed by atoms with Gasteiger partial charge >= 0.3 is 0 Å². The van der Waals surface area contributed by atoms with Crippen molar-refractivity contribution in [3.8, 4) is 0 Å². The molecule has 1 aliphatic heterocycles. The van der Waals surface area contributed by atoms with E-state index in [0.717, 1.165) is 26.2 Å². The minimum Gasteiger partial charge on any atom is -0.377 e. The van der Waals surface area contributed by atoms with Crippen LogP contribution in [0, 0.1) is 11.8 Å². The minimum absolute atomic E-state index is 0.205. The minimum atomic E-state index is 0.205. The van der Waals surface area contributed by atoms with Crippen LogP contribution in [0.15, 0.2) is 0 Å². The van der Waals surface area contributed by atoms with Crippen LogP contribution in [0.5, 0.6) is 0 Å². The lowest BCUT2D eigenvalue weighted by Crippen LogP contribution is -2.45. The standard InChI is InChI=1S/C15H32N2O2/c1-11(2)7-16-8-13(12(3)4)17-9-14(18-5)15(10-17)19-6/h11-16H,7-10H2,1-6H3. The van der Waals surface area contributed by atoms with Crippen molar-refractivity contribution in [2.75, 3.05) is 40.4 Å². The van der Waals surface area contributed by atoms with E-state index < -0.39 is 0 Å². The van der Waals surface area contributed by atoms with Crippen LogP contribution >= 0.6 is 0 Å². The van der Waals surface area contributed by atoms with E-state index in [9.17, 15) is 0 Å². The Morgan fingerprint density at radius 3 is 1.89 bits per heavy atom. The number of likely N-dealkylation sites (tertiary alicyclic amines) is 1. The van der Waals surface area contributed by atoms with E-state index in [4.69, 9.17) is 9.47 Å². The molecule has 19 heavy (non-hydrogen) atoms. The Bertz CT molecular complexity index is 234. The van der Waals surface area contributed by atoms with Crippen molar-refractivity contribution < 1.29 is 9.47 Å². The fraction of sp³-hybridized carbons (Fsp3) is 1.00. The van der Waals surface area contributed by atoms with Crippen molar-refractivity contribution in [1.29, 1.82) is 0 Å². The Hall–Kier alpha value is -0.160. The summed E-state index contributed by atoms with van der Waals surface area (Å²) in [4.78, 5) is 2.51. The normalized spacial score (nSPS) is 26.5. The first kappa shape index (κ1) is 16.9. The van der Waals surface area contributed by atoms with Crippen molar-refractivity contribution in [3.05, 3.63) is 0 Å². The van der Waals surface area contributed by atoms with Gasteiger partial charge in [0, 0.05) is 39.9 Å². The molecule has 1 rings (SSSR count). The highest BCUT2D eigenvalue weighted by molar-refractivity contribution is 4.91. The summed E-state index contributed by atoms with van der Waals surface area (Å²) in [7, 11) is 3.56. The van der Waals surface area contributed by atoms with E-state index in [0.29, 0.717) is 17.9 Å². The topological polar surface area (TPSA) is 33.7 Å². The molecule has 0 bridgehead atoms. The van der Waals surface area contributed by atoms with Crippen LogP contribution in [0.4, 0.5) is 0 Å². The Labute approximate surface area is 118 Å². The number of nitrogens with zero attached hydrogens (tertiary/aromatic N) is 1. The molecule has 0 amide bonds. The lowest BCUT2D eigenvalue weighted by molar-refractivity contribution is -0.00461. The molecule has 1 aliphatic rings. The van der Waals surface area contributed by atoms with Crippen LogP contribution in [0.3, 0.4) is 0 Å². The first-order chi connectivity index (χ1) is 8.99. The molecule has 3 unspecified atom stereocenters. The number of hydrogen-bond acceptors (Lipinski definition) is 4. The molecule has 0 aromatic heterocycles. The van der Waals surface area contributed by atoms with Gasteiger partial charge in [-0.05, 0) is 18.4 Å². The molecule has 1 saturated heterocycles. The molecule has 0 saturated carbocycles. The summed E-state index contributed by atoms with van der Waals surface area (Å²) in [5.74, 6) is 1.33. The third kappa shape index (κ3) is 5.03. The molecule has 0 aromatic rings. The Morgan fingerprint density at radius 2 is 1.53 bits per heavy atom. The summed E-state index contributed by atoms with van der Waals surface area (Å²) in [6.07, 6.45) is 0.410. The Kier molecular flexibility index (Phi) is 7.29. The molecule has 1 fully saturated rings. The number of ether oxygens (including phenoxy) is 2. The van der Waals surface area contributed by atoms with Crippen molar-refractivity contribution in [2.24, 2.45) is 11.8 Å². The van der Waals surface area contributed by atoms with Gasteiger partial charge < -0.3 is 14.8 Å². The van der Waals surface area contributed by atoms with Gasteiger partial charge in [-0.1, -0.05) is 27.7 Å². The number of rotatable bonds is 8. The summed E-state index contributed by atoms with van der Waals surface area (Å²) in [6, 6.07) is 0.552. The van der Waals surface area contributed by atoms with E-state index in [-0.39, 0.29) is 12.2 Å². The van der Waals surface area contributed by atoms with Gasteiger partial charge in [0.2, 0.25) is 0 Å². The quantitative estimate of drug-likeness (QED) is 0.728. The highest BCUT2D eigenvalue weighted by atomic mass is 16.5. The number of methoxy groups -OCH3 is 2. The molecule has 4 heteroatoms. The van der Waals surface area contributed by atoms with Gasteiger partial charge in [0.05, 0.1) is 12.2 Å². The fourth-order valence-electron chi connectivity index (χ4n) is 2.80. The fourth-order valence-corrected chi connectivity index (χ4v) is 2.80. The maximum absolute atomic E-state index is 5.53. The zero-order valence-electron chi connectivity index (χ0n) is 13.5. The molecule has 1 N–H and O–H groups in total. The van der Waals surface area contributed by atoms with Crippen LogP contribution in [0.1, 0.15) is 27.7 Å². The molecular weight excluding hydrogens is 240 g/mol. The van der Waals surface area contributed by atoms with Crippen LogP contribution in [0.25, 0.3) is 0 Å². The molecule has 0 radical (unpaired) electrons. The Balaban J connectivity index is 2.52. The molecule has 3 atom stereocenters. The van der Waals surface area contributed by atoms with Crippen molar-refractivity contribution in [1.82, 2.24) is 10.2 Å².